The molecule has 0 aliphatic rings. The Morgan fingerprint density at radius 1 is 0.583 bits per heavy atom. The van der Waals surface area contributed by atoms with Gasteiger partial charge >= 0.3 is 0 Å². The van der Waals surface area contributed by atoms with Crippen LogP contribution in [-0.4, -0.2) is 4.98 Å². The third-order valence-electron chi connectivity index (χ3n) is 9.58. The van der Waals surface area contributed by atoms with Crippen molar-refractivity contribution in [3.05, 3.63) is 127 Å². The van der Waals surface area contributed by atoms with Crippen LogP contribution >= 0.6 is 0 Å². The van der Waals surface area contributed by atoms with Crippen molar-refractivity contribution in [1.82, 2.24) is 4.98 Å². The van der Waals surface area contributed by atoms with Gasteiger partial charge in [-0.1, -0.05) is 127 Å². The summed E-state index contributed by atoms with van der Waals surface area (Å²) in [5.41, 5.74) is 9.42. The molecular formula is C45H52IrNO-. The first-order valence-electron chi connectivity index (χ1n) is 18.1. The maximum absolute atomic E-state index is 6.59. The fourth-order valence-electron chi connectivity index (χ4n) is 6.70. The van der Waals surface area contributed by atoms with Crippen molar-refractivity contribution in [3.63, 3.8) is 0 Å². The standard InChI is InChI=1S/C45H52NO.Ir/c1-5-9-11-16-34(7-3)36-21-25-38(26-22-36)41-30-42(39-27-23-37(24-28-39)35(8-4)17-12-10-6-2)33-44(32-41)47-43-19-15-18-40(31-43)45-20-13-14-29-46-45;/h13-15,19-35H,5-12,16-17H2,1-4H3;/q-1;. The first kappa shape index (κ1) is 37.3. The van der Waals surface area contributed by atoms with E-state index in [9.17, 15) is 0 Å². The minimum Gasteiger partial charge on any atom is -0.477 e. The maximum atomic E-state index is 6.59. The molecule has 0 aliphatic heterocycles. The average Bonchev–Trinajstić information content (AvgIpc) is 3.13. The molecule has 0 bridgehead atoms. The zero-order chi connectivity index (χ0) is 32.8. The molecule has 0 aliphatic carbocycles. The molecule has 253 valence electrons. The number of pyridine rings is 1. The molecule has 1 aromatic heterocycles. The Morgan fingerprint density at radius 2 is 1.15 bits per heavy atom. The molecule has 0 N–H and O–H groups in total. The van der Waals surface area contributed by atoms with Crippen molar-refractivity contribution in [1.29, 1.82) is 0 Å². The number of rotatable bonds is 17. The van der Waals surface area contributed by atoms with Gasteiger partial charge in [-0.25, -0.2) is 0 Å². The van der Waals surface area contributed by atoms with E-state index in [1.807, 2.05) is 42.6 Å². The first-order chi connectivity index (χ1) is 23.1. The molecule has 5 rings (SSSR count). The van der Waals surface area contributed by atoms with Crippen LogP contribution in [0, 0.1) is 6.07 Å². The molecule has 1 radical (unpaired) electrons. The number of unbranched alkanes of at least 4 members (excludes halogenated alkanes) is 4. The number of aromatic nitrogens is 1. The van der Waals surface area contributed by atoms with Gasteiger partial charge in [0.25, 0.3) is 0 Å². The number of hydrogen-bond donors (Lipinski definition) is 0. The zero-order valence-electron chi connectivity index (χ0n) is 29.3. The van der Waals surface area contributed by atoms with Crippen LogP contribution in [0.2, 0.25) is 0 Å². The summed E-state index contributed by atoms with van der Waals surface area (Å²) in [6.07, 6.45) is 14.5. The molecule has 2 nitrogen and oxygen atoms in total. The van der Waals surface area contributed by atoms with Crippen LogP contribution in [0.15, 0.2) is 109 Å². The Kier molecular flexibility index (Phi) is 15.1. The Hall–Kier alpha value is -3.52. The van der Waals surface area contributed by atoms with Crippen LogP contribution in [0.25, 0.3) is 33.5 Å². The van der Waals surface area contributed by atoms with Crippen molar-refractivity contribution in [2.45, 2.75) is 104 Å². The summed E-state index contributed by atoms with van der Waals surface area (Å²) in [5.74, 6) is 2.84. The molecule has 48 heavy (non-hydrogen) atoms. The van der Waals surface area contributed by atoms with Crippen LogP contribution in [0.4, 0.5) is 0 Å². The smallest absolute Gasteiger partial charge is 0.126 e. The van der Waals surface area contributed by atoms with Gasteiger partial charge in [-0.2, -0.15) is 0 Å². The Bertz CT molecular complexity index is 1570. The van der Waals surface area contributed by atoms with Crippen molar-refractivity contribution in [3.8, 4) is 45.0 Å². The van der Waals surface area contributed by atoms with Crippen molar-refractivity contribution < 1.29 is 24.8 Å². The first-order valence-corrected chi connectivity index (χ1v) is 18.1. The minimum atomic E-state index is 0. The average molecular weight is 815 g/mol. The quantitative estimate of drug-likeness (QED) is 0.0689. The summed E-state index contributed by atoms with van der Waals surface area (Å²) in [6, 6.07) is 40.3. The molecule has 2 atom stereocenters. The summed E-state index contributed by atoms with van der Waals surface area (Å²) in [6.45, 7) is 9.19. The van der Waals surface area contributed by atoms with E-state index in [2.05, 4.69) is 105 Å². The van der Waals surface area contributed by atoms with Crippen LogP contribution in [0.5, 0.6) is 11.5 Å². The maximum Gasteiger partial charge on any atom is 0.126 e. The molecular weight excluding hydrogens is 763 g/mol. The molecule has 0 saturated heterocycles. The van der Waals surface area contributed by atoms with E-state index in [4.69, 9.17) is 4.74 Å². The second-order valence-corrected chi connectivity index (χ2v) is 12.9. The zero-order valence-corrected chi connectivity index (χ0v) is 31.7. The molecule has 0 saturated carbocycles. The number of nitrogens with zero attached hydrogens (tertiary/aromatic N) is 1. The topological polar surface area (TPSA) is 22.1 Å². The molecule has 2 unspecified atom stereocenters. The number of ether oxygens (including phenoxy) is 1. The molecule has 0 fully saturated rings. The molecule has 5 aromatic rings. The predicted molar refractivity (Wildman–Crippen MR) is 200 cm³/mol. The van der Waals surface area contributed by atoms with Gasteiger partial charge in [0.1, 0.15) is 5.75 Å². The van der Waals surface area contributed by atoms with Gasteiger partial charge in [0.15, 0.2) is 0 Å². The van der Waals surface area contributed by atoms with E-state index >= 15 is 0 Å². The van der Waals surface area contributed by atoms with E-state index in [0.29, 0.717) is 11.8 Å². The van der Waals surface area contributed by atoms with Gasteiger partial charge in [-0.15, -0.1) is 29.8 Å². The third kappa shape index (κ3) is 10.2. The van der Waals surface area contributed by atoms with Crippen molar-refractivity contribution in [2.24, 2.45) is 0 Å². The van der Waals surface area contributed by atoms with Crippen molar-refractivity contribution in [2.75, 3.05) is 0 Å². The van der Waals surface area contributed by atoms with E-state index in [1.165, 1.54) is 86.5 Å². The van der Waals surface area contributed by atoms with E-state index in [0.717, 1.165) is 33.9 Å². The van der Waals surface area contributed by atoms with E-state index < -0.39 is 0 Å². The second kappa shape index (κ2) is 19.5. The van der Waals surface area contributed by atoms with Crippen LogP contribution in [0.3, 0.4) is 0 Å². The van der Waals surface area contributed by atoms with Gasteiger partial charge in [0.2, 0.25) is 0 Å². The largest absolute Gasteiger partial charge is 0.477 e. The Morgan fingerprint density at radius 3 is 1.62 bits per heavy atom. The van der Waals surface area contributed by atoms with Gasteiger partial charge in [0.05, 0.1) is 0 Å². The molecule has 0 amide bonds. The van der Waals surface area contributed by atoms with Gasteiger partial charge in [-0.3, -0.25) is 0 Å². The second-order valence-electron chi connectivity index (χ2n) is 12.9. The molecule has 3 heteroatoms. The van der Waals surface area contributed by atoms with E-state index in [1.54, 1.807) is 0 Å². The van der Waals surface area contributed by atoms with Gasteiger partial charge in [-0.05, 0) is 101 Å². The fourth-order valence-corrected chi connectivity index (χ4v) is 6.70. The molecule has 4 aromatic carbocycles. The normalized spacial score (nSPS) is 12.2. The van der Waals surface area contributed by atoms with Gasteiger partial charge in [0, 0.05) is 32.1 Å². The molecule has 0 spiro atoms. The van der Waals surface area contributed by atoms with Crippen LogP contribution in [-0.2, 0) is 20.1 Å². The van der Waals surface area contributed by atoms with E-state index in [-0.39, 0.29) is 20.1 Å². The number of benzene rings is 4. The summed E-state index contributed by atoms with van der Waals surface area (Å²) < 4.78 is 6.59. The third-order valence-corrected chi connectivity index (χ3v) is 9.58. The Labute approximate surface area is 303 Å². The monoisotopic (exact) mass is 815 g/mol. The van der Waals surface area contributed by atoms with Gasteiger partial charge < -0.3 is 9.72 Å². The predicted octanol–water partition coefficient (Wildman–Crippen LogP) is 13.8. The van der Waals surface area contributed by atoms with Crippen molar-refractivity contribution >= 4 is 0 Å². The Balaban J connectivity index is 0.00000520. The molecule has 1 heterocycles. The SMILES string of the molecule is CCCCCC(CC)c1ccc(-c2cc(Oc3cc[c-]c(-c4ccccn4)c3)cc(-c3ccc(C(CC)CCCCC)cc3)c2)cc1.[Ir]. The van der Waals surface area contributed by atoms with Crippen LogP contribution < -0.4 is 4.74 Å². The minimum absolute atomic E-state index is 0. The summed E-state index contributed by atoms with van der Waals surface area (Å²) in [4.78, 5) is 4.51. The number of hydrogen-bond acceptors (Lipinski definition) is 2. The summed E-state index contributed by atoms with van der Waals surface area (Å²) in [7, 11) is 0. The summed E-state index contributed by atoms with van der Waals surface area (Å²) in [5, 5.41) is 0. The van der Waals surface area contributed by atoms with Crippen LogP contribution in [0.1, 0.15) is 115 Å². The summed E-state index contributed by atoms with van der Waals surface area (Å²) >= 11 is 0. The fraction of sp³-hybridized carbons (Fsp3) is 0.356.